The average molecular weight is 384 g/mol. The zero-order valence-electron chi connectivity index (χ0n) is 15.5. The van der Waals surface area contributed by atoms with Crippen molar-refractivity contribution in [1.82, 2.24) is 0 Å². The third kappa shape index (κ3) is 3.90. The fourth-order valence-electron chi connectivity index (χ4n) is 3.07. The molecule has 0 bridgehead atoms. The molecule has 2 amide bonds. The molecule has 1 fully saturated rings. The number of benzene rings is 2. The van der Waals surface area contributed by atoms with Gasteiger partial charge in [0, 0.05) is 30.4 Å². The fourth-order valence-corrected chi connectivity index (χ4v) is 3.07. The van der Waals surface area contributed by atoms with Crippen molar-refractivity contribution < 1.29 is 29.0 Å². The molecule has 3 rings (SSSR count). The Bertz CT molecular complexity index is 909. The van der Waals surface area contributed by atoms with Gasteiger partial charge in [-0.1, -0.05) is 0 Å². The third-order valence-corrected chi connectivity index (χ3v) is 4.57. The van der Waals surface area contributed by atoms with Crippen LogP contribution in [0.2, 0.25) is 0 Å². The summed E-state index contributed by atoms with van der Waals surface area (Å²) < 4.78 is 10.5. The molecule has 146 valence electrons. The summed E-state index contributed by atoms with van der Waals surface area (Å²) >= 11 is 0. The van der Waals surface area contributed by atoms with Crippen LogP contribution >= 0.6 is 0 Å². The maximum atomic E-state index is 12.5. The van der Waals surface area contributed by atoms with Crippen LogP contribution in [0.5, 0.6) is 11.5 Å². The summed E-state index contributed by atoms with van der Waals surface area (Å²) in [6.07, 6.45) is 0.0907. The molecule has 28 heavy (non-hydrogen) atoms. The van der Waals surface area contributed by atoms with E-state index in [1.54, 1.807) is 23.1 Å². The van der Waals surface area contributed by atoms with Crippen molar-refractivity contribution in [3.63, 3.8) is 0 Å². The number of hydrogen-bond acceptors (Lipinski definition) is 5. The molecule has 8 heteroatoms. The van der Waals surface area contributed by atoms with Crippen LogP contribution in [0.1, 0.15) is 16.8 Å². The number of carboxylic acid groups (broad SMARTS) is 1. The van der Waals surface area contributed by atoms with Gasteiger partial charge in [0.05, 0.1) is 25.7 Å². The molecule has 0 aliphatic carbocycles. The van der Waals surface area contributed by atoms with E-state index in [-0.39, 0.29) is 30.3 Å². The SMILES string of the molecule is COc1ccc(N2C[C@H](C(=O)Nc3ccc(C(=O)O)cc3)CC2=O)cc1OC. The van der Waals surface area contributed by atoms with Gasteiger partial charge in [-0.25, -0.2) is 4.79 Å². The summed E-state index contributed by atoms with van der Waals surface area (Å²) in [5, 5.41) is 11.6. The van der Waals surface area contributed by atoms with Crippen LogP contribution in [0.3, 0.4) is 0 Å². The lowest BCUT2D eigenvalue weighted by atomic mass is 10.1. The number of anilines is 2. The quantitative estimate of drug-likeness (QED) is 0.792. The lowest BCUT2D eigenvalue weighted by molar-refractivity contribution is -0.122. The lowest BCUT2D eigenvalue weighted by Crippen LogP contribution is -2.28. The Hall–Kier alpha value is -3.55. The van der Waals surface area contributed by atoms with Crippen molar-refractivity contribution in [2.45, 2.75) is 6.42 Å². The Kier molecular flexibility index (Phi) is 5.49. The molecular formula is C20H20N2O6. The average Bonchev–Trinajstić information content (AvgIpc) is 3.09. The van der Waals surface area contributed by atoms with E-state index in [0.717, 1.165) is 0 Å². The second kappa shape index (κ2) is 7.99. The second-order valence-corrected chi connectivity index (χ2v) is 6.32. The van der Waals surface area contributed by atoms with Crippen LogP contribution in [-0.2, 0) is 9.59 Å². The van der Waals surface area contributed by atoms with Gasteiger partial charge in [-0.15, -0.1) is 0 Å². The molecule has 1 heterocycles. The molecule has 1 atom stereocenters. The molecule has 1 saturated heterocycles. The van der Waals surface area contributed by atoms with Crippen molar-refractivity contribution in [3.05, 3.63) is 48.0 Å². The van der Waals surface area contributed by atoms with Crippen LogP contribution in [0, 0.1) is 5.92 Å². The number of carbonyl (C=O) groups is 3. The van der Waals surface area contributed by atoms with Gasteiger partial charge in [0.2, 0.25) is 11.8 Å². The van der Waals surface area contributed by atoms with Crippen LogP contribution in [0.4, 0.5) is 11.4 Å². The Morgan fingerprint density at radius 2 is 1.75 bits per heavy atom. The minimum absolute atomic E-state index is 0.0907. The Morgan fingerprint density at radius 1 is 1.07 bits per heavy atom. The van der Waals surface area contributed by atoms with E-state index in [2.05, 4.69) is 5.32 Å². The van der Waals surface area contributed by atoms with Gasteiger partial charge in [-0.3, -0.25) is 9.59 Å². The highest BCUT2D eigenvalue weighted by Gasteiger charge is 2.35. The van der Waals surface area contributed by atoms with Crippen LogP contribution in [-0.4, -0.2) is 43.7 Å². The maximum absolute atomic E-state index is 12.5. The first-order chi connectivity index (χ1) is 13.4. The number of hydrogen-bond donors (Lipinski definition) is 2. The first-order valence-corrected chi connectivity index (χ1v) is 8.59. The summed E-state index contributed by atoms with van der Waals surface area (Å²) in [6.45, 7) is 0.243. The molecule has 0 aromatic heterocycles. The highest BCUT2D eigenvalue weighted by Crippen LogP contribution is 2.34. The van der Waals surface area contributed by atoms with Crippen molar-refractivity contribution >= 4 is 29.2 Å². The summed E-state index contributed by atoms with van der Waals surface area (Å²) in [5.74, 6) is -0.950. The van der Waals surface area contributed by atoms with E-state index < -0.39 is 11.9 Å². The summed E-state index contributed by atoms with van der Waals surface area (Å²) in [5.41, 5.74) is 1.24. The molecule has 8 nitrogen and oxygen atoms in total. The largest absolute Gasteiger partial charge is 0.493 e. The molecule has 0 radical (unpaired) electrons. The molecular weight excluding hydrogens is 364 g/mol. The van der Waals surface area contributed by atoms with Crippen molar-refractivity contribution in [3.8, 4) is 11.5 Å². The van der Waals surface area contributed by atoms with E-state index >= 15 is 0 Å². The van der Waals surface area contributed by atoms with Gasteiger partial charge in [-0.05, 0) is 36.4 Å². The molecule has 1 aliphatic heterocycles. The van der Waals surface area contributed by atoms with Gasteiger partial charge in [-0.2, -0.15) is 0 Å². The molecule has 2 aromatic rings. The number of rotatable bonds is 6. The zero-order chi connectivity index (χ0) is 20.3. The van der Waals surface area contributed by atoms with E-state index in [1.165, 1.54) is 38.5 Å². The van der Waals surface area contributed by atoms with E-state index in [4.69, 9.17) is 14.6 Å². The van der Waals surface area contributed by atoms with Gasteiger partial charge < -0.3 is 24.8 Å². The van der Waals surface area contributed by atoms with Gasteiger partial charge >= 0.3 is 5.97 Å². The number of nitrogens with one attached hydrogen (secondary N) is 1. The van der Waals surface area contributed by atoms with Crippen LogP contribution in [0.15, 0.2) is 42.5 Å². The van der Waals surface area contributed by atoms with Gasteiger partial charge in [0.25, 0.3) is 0 Å². The second-order valence-electron chi connectivity index (χ2n) is 6.32. The van der Waals surface area contributed by atoms with E-state index in [1.807, 2.05) is 0 Å². The topological polar surface area (TPSA) is 105 Å². The maximum Gasteiger partial charge on any atom is 0.335 e. The third-order valence-electron chi connectivity index (χ3n) is 4.57. The molecule has 1 aliphatic rings. The molecule has 0 unspecified atom stereocenters. The molecule has 2 N–H and O–H groups in total. The number of methoxy groups -OCH3 is 2. The highest BCUT2D eigenvalue weighted by atomic mass is 16.5. The van der Waals surface area contributed by atoms with Crippen molar-refractivity contribution in [2.24, 2.45) is 5.92 Å². The Morgan fingerprint density at radius 3 is 2.36 bits per heavy atom. The minimum atomic E-state index is -1.04. The molecule has 2 aromatic carbocycles. The summed E-state index contributed by atoms with van der Waals surface area (Å²) in [6, 6.07) is 11.0. The van der Waals surface area contributed by atoms with Crippen LogP contribution < -0.4 is 19.7 Å². The smallest absolute Gasteiger partial charge is 0.335 e. The number of ether oxygens (including phenoxy) is 2. The van der Waals surface area contributed by atoms with Gasteiger partial charge in [0.15, 0.2) is 11.5 Å². The van der Waals surface area contributed by atoms with E-state index in [0.29, 0.717) is 22.9 Å². The predicted molar refractivity (Wildman–Crippen MR) is 102 cm³/mol. The molecule has 0 saturated carbocycles. The van der Waals surface area contributed by atoms with Crippen molar-refractivity contribution in [2.75, 3.05) is 31.0 Å². The normalized spacial score (nSPS) is 16.0. The van der Waals surface area contributed by atoms with E-state index in [9.17, 15) is 14.4 Å². The summed E-state index contributed by atoms with van der Waals surface area (Å²) in [7, 11) is 3.04. The monoisotopic (exact) mass is 384 g/mol. The van der Waals surface area contributed by atoms with Gasteiger partial charge in [0.1, 0.15) is 0 Å². The standard InChI is InChI=1S/C20H20N2O6/c1-27-16-8-7-15(10-17(16)28-2)22-11-13(9-18(22)23)19(24)21-14-5-3-12(4-6-14)20(25)26/h3-8,10,13H,9,11H2,1-2H3,(H,21,24)(H,25,26)/t13-/m1/s1. The lowest BCUT2D eigenvalue weighted by Gasteiger charge is -2.18. The number of carbonyl (C=O) groups excluding carboxylic acids is 2. The predicted octanol–water partition coefficient (Wildman–Crippen LogP) is 2.39. The zero-order valence-corrected chi connectivity index (χ0v) is 15.5. The Labute approximate surface area is 161 Å². The first-order valence-electron chi connectivity index (χ1n) is 8.59. The number of aromatic carboxylic acids is 1. The highest BCUT2D eigenvalue weighted by molar-refractivity contribution is 6.03. The fraction of sp³-hybridized carbons (Fsp3) is 0.250. The minimum Gasteiger partial charge on any atom is -0.493 e. The Balaban J connectivity index is 1.70. The number of nitrogens with zero attached hydrogens (tertiary/aromatic N) is 1. The van der Waals surface area contributed by atoms with Crippen LogP contribution in [0.25, 0.3) is 0 Å². The number of amides is 2. The number of carboxylic acids is 1. The van der Waals surface area contributed by atoms with Crippen molar-refractivity contribution in [1.29, 1.82) is 0 Å². The summed E-state index contributed by atoms with van der Waals surface area (Å²) in [4.78, 5) is 37.4. The molecule has 0 spiro atoms. The first kappa shape index (κ1) is 19.2.